The van der Waals surface area contributed by atoms with Crippen LogP contribution in [0.1, 0.15) is 33.4 Å². The quantitative estimate of drug-likeness (QED) is 0.149. The molecule has 0 radical (unpaired) electrons. The third-order valence-corrected chi connectivity index (χ3v) is 7.93. The maximum atomic E-state index is 12.9. The van der Waals surface area contributed by atoms with Crippen molar-refractivity contribution in [1.82, 2.24) is 0 Å². The molecule has 35 heavy (non-hydrogen) atoms. The van der Waals surface area contributed by atoms with Crippen molar-refractivity contribution in [3.63, 3.8) is 0 Å². The average molecular weight is 501 g/mol. The van der Waals surface area contributed by atoms with E-state index in [0.29, 0.717) is 25.6 Å². The molecule has 0 aliphatic rings. The molecule has 0 aliphatic carbocycles. The lowest BCUT2D eigenvalue weighted by Crippen LogP contribution is -2.06. The van der Waals surface area contributed by atoms with Crippen molar-refractivity contribution in [2.24, 2.45) is 0 Å². The summed E-state index contributed by atoms with van der Waals surface area (Å²) in [5, 5.41) is 0. The lowest BCUT2D eigenvalue weighted by molar-refractivity contribution is 0.0169. The van der Waals surface area contributed by atoms with E-state index in [9.17, 15) is 8.96 Å². The van der Waals surface area contributed by atoms with Crippen LogP contribution < -0.4 is 4.74 Å². The Labute approximate surface area is 207 Å². The first-order chi connectivity index (χ1) is 16.8. The largest absolute Gasteiger partial charge is 0.468 e. The van der Waals surface area contributed by atoms with Crippen molar-refractivity contribution in [1.29, 1.82) is 0 Å². The Kier molecular flexibility index (Phi) is 10.1. The second-order valence-corrected chi connectivity index (χ2v) is 10.9. The molecule has 0 saturated heterocycles. The molecule has 5 nitrogen and oxygen atoms in total. The van der Waals surface area contributed by atoms with E-state index in [1.165, 1.54) is 48.6 Å². The van der Waals surface area contributed by atoms with E-state index in [0.717, 1.165) is 23.3 Å². The highest BCUT2D eigenvalue weighted by Crippen LogP contribution is 2.46. The number of rotatable bonds is 13. The van der Waals surface area contributed by atoms with Crippen LogP contribution in [0, 0.1) is 19.7 Å². The third kappa shape index (κ3) is 8.29. The first-order valence-electron chi connectivity index (χ1n) is 11.7. The van der Waals surface area contributed by atoms with Crippen LogP contribution in [0.3, 0.4) is 0 Å². The van der Waals surface area contributed by atoms with Crippen molar-refractivity contribution in [2.45, 2.75) is 33.1 Å². The summed E-state index contributed by atoms with van der Waals surface area (Å²) in [6, 6.07) is 18.8. The van der Waals surface area contributed by atoms with Gasteiger partial charge in [0.15, 0.2) is 6.79 Å². The zero-order valence-corrected chi connectivity index (χ0v) is 21.8. The molecule has 0 spiro atoms. The van der Waals surface area contributed by atoms with Crippen molar-refractivity contribution in [2.75, 3.05) is 33.8 Å². The van der Waals surface area contributed by atoms with Gasteiger partial charge in [-0.15, -0.1) is 0 Å². The highest BCUT2D eigenvalue weighted by molar-refractivity contribution is 7.53. The number of benzene rings is 3. The molecule has 3 aromatic carbocycles. The Bertz CT molecular complexity index is 1100. The van der Waals surface area contributed by atoms with Gasteiger partial charge in [-0.25, -0.2) is 4.39 Å². The standard InChI is InChI=1S/C28H34FO5P/c1-21-17-25(14-16-35(30,31-3)32-4)18-22(2)28(21)19-24-7-11-27(12-8-24)34-20-33-15-13-23-5-9-26(29)10-6-23/h5-12,17-18H,13-16,19-20H2,1-4H3. The summed E-state index contributed by atoms with van der Waals surface area (Å²) in [6.07, 6.45) is 2.52. The molecule has 0 aliphatic heterocycles. The van der Waals surface area contributed by atoms with Crippen LogP contribution in [0.5, 0.6) is 5.75 Å². The molecule has 0 amide bonds. The molecular formula is C28H34FO5P. The normalized spacial score (nSPS) is 11.6. The van der Waals surface area contributed by atoms with Crippen LogP contribution in [0.4, 0.5) is 4.39 Å². The second-order valence-electron chi connectivity index (χ2n) is 8.53. The van der Waals surface area contributed by atoms with Gasteiger partial charge in [0.1, 0.15) is 11.6 Å². The Morgan fingerprint density at radius 1 is 0.800 bits per heavy atom. The zero-order chi connectivity index (χ0) is 25.3. The van der Waals surface area contributed by atoms with Crippen LogP contribution in [0.2, 0.25) is 0 Å². The highest BCUT2D eigenvalue weighted by Gasteiger charge is 2.20. The zero-order valence-electron chi connectivity index (χ0n) is 20.9. The maximum Gasteiger partial charge on any atom is 0.330 e. The Morgan fingerprint density at radius 2 is 1.40 bits per heavy atom. The lowest BCUT2D eigenvalue weighted by atomic mass is 9.93. The summed E-state index contributed by atoms with van der Waals surface area (Å²) in [5.74, 6) is 0.516. The molecule has 0 N–H and O–H groups in total. The SMILES string of the molecule is COP(=O)(CCc1cc(C)c(Cc2ccc(OCOCCc3ccc(F)cc3)cc2)c(C)c1)OC. The van der Waals surface area contributed by atoms with Gasteiger partial charge < -0.3 is 18.5 Å². The van der Waals surface area contributed by atoms with Crippen molar-refractivity contribution in [3.05, 3.63) is 99.9 Å². The fraction of sp³-hybridized carbons (Fsp3) is 0.357. The molecule has 0 unspecified atom stereocenters. The van der Waals surface area contributed by atoms with E-state index in [2.05, 4.69) is 38.1 Å². The van der Waals surface area contributed by atoms with Gasteiger partial charge in [0.05, 0.1) is 12.8 Å². The summed E-state index contributed by atoms with van der Waals surface area (Å²) in [7, 11) is -0.170. The number of hydrogen-bond donors (Lipinski definition) is 0. The number of aryl methyl sites for hydroxylation is 3. The molecule has 3 rings (SSSR count). The first kappa shape index (κ1) is 27.1. The third-order valence-electron chi connectivity index (χ3n) is 6.05. The van der Waals surface area contributed by atoms with Gasteiger partial charge in [-0.2, -0.15) is 0 Å². The van der Waals surface area contributed by atoms with E-state index >= 15 is 0 Å². The Balaban J connectivity index is 1.48. The van der Waals surface area contributed by atoms with Gasteiger partial charge in [0.25, 0.3) is 0 Å². The van der Waals surface area contributed by atoms with E-state index in [-0.39, 0.29) is 12.6 Å². The molecular weight excluding hydrogens is 466 g/mol. The highest BCUT2D eigenvalue weighted by atomic mass is 31.2. The molecule has 0 saturated carbocycles. The smallest absolute Gasteiger partial charge is 0.330 e. The maximum absolute atomic E-state index is 12.9. The lowest BCUT2D eigenvalue weighted by Gasteiger charge is -2.16. The van der Waals surface area contributed by atoms with Gasteiger partial charge in [0.2, 0.25) is 0 Å². The number of halogens is 1. The van der Waals surface area contributed by atoms with Gasteiger partial charge in [-0.1, -0.05) is 36.4 Å². The van der Waals surface area contributed by atoms with Gasteiger partial charge in [0, 0.05) is 14.2 Å². The van der Waals surface area contributed by atoms with Gasteiger partial charge in [-0.3, -0.25) is 4.57 Å². The fourth-order valence-corrected chi connectivity index (χ4v) is 4.99. The van der Waals surface area contributed by atoms with Crippen LogP contribution in [-0.2, 0) is 37.6 Å². The van der Waals surface area contributed by atoms with Crippen molar-refractivity contribution >= 4 is 7.60 Å². The van der Waals surface area contributed by atoms with E-state index in [1.54, 1.807) is 12.1 Å². The second kappa shape index (κ2) is 13.0. The minimum atomic E-state index is -3.01. The molecule has 0 heterocycles. The van der Waals surface area contributed by atoms with E-state index in [4.69, 9.17) is 18.5 Å². The summed E-state index contributed by atoms with van der Waals surface area (Å²) in [6.45, 7) is 4.89. The molecule has 0 fully saturated rings. The molecule has 0 atom stereocenters. The van der Waals surface area contributed by atoms with Gasteiger partial charge in [-0.05, 0) is 90.8 Å². The average Bonchev–Trinajstić information content (AvgIpc) is 2.86. The Hall–Kier alpha value is -2.50. The van der Waals surface area contributed by atoms with Crippen LogP contribution in [0.15, 0.2) is 60.7 Å². The minimum absolute atomic E-state index is 0.166. The van der Waals surface area contributed by atoms with Crippen LogP contribution in [0.25, 0.3) is 0 Å². The molecule has 0 bridgehead atoms. The number of hydrogen-bond acceptors (Lipinski definition) is 5. The molecule has 0 aromatic heterocycles. The monoisotopic (exact) mass is 500 g/mol. The van der Waals surface area contributed by atoms with Crippen LogP contribution >= 0.6 is 7.60 Å². The number of ether oxygens (including phenoxy) is 2. The van der Waals surface area contributed by atoms with Crippen molar-refractivity contribution < 1.29 is 27.5 Å². The predicted molar refractivity (Wildman–Crippen MR) is 137 cm³/mol. The van der Waals surface area contributed by atoms with Gasteiger partial charge >= 0.3 is 7.60 Å². The summed E-state index contributed by atoms with van der Waals surface area (Å²) < 4.78 is 46.6. The molecule has 188 valence electrons. The summed E-state index contributed by atoms with van der Waals surface area (Å²) in [4.78, 5) is 0. The van der Waals surface area contributed by atoms with E-state index < -0.39 is 7.60 Å². The van der Waals surface area contributed by atoms with E-state index in [1.807, 2.05) is 12.1 Å². The first-order valence-corrected chi connectivity index (χ1v) is 13.4. The molecule has 7 heteroatoms. The van der Waals surface area contributed by atoms with Crippen molar-refractivity contribution in [3.8, 4) is 5.75 Å². The fourth-order valence-electron chi connectivity index (χ4n) is 3.95. The topological polar surface area (TPSA) is 54.0 Å². The minimum Gasteiger partial charge on any atom is -0.468 e. The summed E-state index contributed by atoms with van der Waals surface area (Å²) in [5.41, 5.74) is 7.05. The molecule has 3 aromatic rings. The Morgan fingerprint density at radius 3 is 2.00 bits per heavy atom. The van der Waals surface area contributed by atoms with Crippen LogP contribution in [-0.4, -0.2) is 33.8 Å². The summed E-state index contributed by atoms with van der Waals surface area (Å²) >= 11 is 0. The predicted octanol–water partition coefficient (Wildman–Crippen LogP) is 6.66.